The van der Waals surface area contributed by atoms with Crippen molar-refractivity contribution < 1.29 is 9.13 Å². The standard InChI is InChI=1S/C18H22FN5O/c1-25-17-7-4-15(21-13-17)12-22-18(20)24-10-8-23(9-11-24)16-5-2-14(19)3-6-16/h2-7,13H,8-12H2,1H3,(H2,20,22). The number of ether oxygens (including phenoxy) is 1. The largest absolute Gasteiger partial charge is 0.495 e. The van der Waals surface area contributed by atoms with E-state index in [0.29, 0.717) is 12.5 Å². The van der Waals surface area contributed by atoms with Crippen molar-refractivity contribution in [3.05, 3.63) is 54.1 Å². The van der Waals surface area contributed by atoms with Crippen molar-refractivity contribution >= 4 is 11.6 Å². The number of nitrogens with zero attached hydrogens (tertiary/aromatic N) is 4. The fourth-order valence-corrected chi connectivity index (χ4v) is 2.73. The number of rotatable bonds is 4. The number of pyridine rings is 1. The molecule has 0 saturated carbocycles. The molecular formula is C18H22FN5O. The SMILES string of the molecule is COc1ccc(CN=C(N)N2CCN(c3ccc(F)cc3)CC2)nc1. The molecule has 1 aliphatic heterocycles. The van der Waals surface area contributed by atoms with Gasteiger partial charge in [-0.05, 0) is 36.4 Å². The van der Waals surface area contributed by atoms with Crippen LogP contribution < -0.4 is 15.4 Å². The molecular weight excluding hydrogens is 321 g/mol. The van der Waals surface area contributed by atoms with E-state index in [-0.39, 0.29) is 5.82 Å². The first-order chi connectivity index (χ1) is 12.2. The molecule has 2 aromatic rings. The van der Waals surface area contributed by atoms with Gasteiger partial charge in [0.15, 0.2) is 5.96 Å². The van der Waals surface area contributed by atoms with E-state index in [1.165, 1.54) is 12.1 Å². The molecule has 1 aromatic heterocycles. The van der Waals surface area contributed by atoms with Gasteiger partial charge in [0, 0.05) is 31.9 Å². The minimum absolute atomic E-state index is 0.217. The summed E-state index contributed by atoms with van der Waals surface area (Å²) in [5.74, 6) is 1.03. The van der Waals surface area contributed by atoms with E-state index in [1.54, 1.807) is 25.4 Å². The molecule has 3 rings (SSSR count). The van der Waals surface area contributed by atoms with E-state index in [0.717, 1.165) is 43.3 Å². The third-order valence-corrected chi connectivity index (χ3v) is 4.23. The summed E-state index contributed by atoms with van der Waals surface area (Å²) in [5.41, 5.74) is 7.98. The lowest BCUT2D eigenvalue weighted by Crippen LogP contribution is -2.51. The molecule has 0 bridgehead atoms. The summed E-state index contributed by atoms with van der Waals surface area (Å²) in [6.45, 7) is 3.64. The van der Waals surface area contributed by atoms with E-state index in [2.05, 4.69) is 19.8 Å². The molecule has 0 atom stereocenters. The Morgan fingerprint density at radius 1 is 1.16 bits per heavy atom. The van der Waals surface area contributed by atoms with Crippen molar-refractivity contribution in [3.8, 4) is 5.75 Å². The van der Waals surface area contributed by atoms with Crippen LogP contribution in [0.4, 0.5) is 10.1 Å². The van der Waals surface area contributed by atoms with Crippen LogP contribution in [-0.4, -0.2) is 49.1 Å². The summed E-state index contributed by atoms with van der Waals surface area (Å²) in [4.78, 5) is 13.0. The van der Waals surface area contributed by atoms with Crippen LogP contribution in [0, 0.1) is 5.82 Å². The minimum atomic E-state index is -0.217. The Bertz CT molecular complexity index is 709. The highest BCUT2D eigenvalue weighted by Crippen LogP contribution is 2.17. The van der Waals surface area contributed by atoms with E-state index in [4.69, 9.17) is 10.5 Å². The smallest absolute Gasteiger partial charge is 0.191 e. The van der Waals surface area contributed by atoms with Gasteiger partial charge >= 0.3 is 0 Å². The molecule has 1 saturated heterocycles. The molecule has 132 valence electrons. The highest BCUT2D eigenvalue weighted by atomic mass is 19.1. The Balaban J connectivity index is 1.53. The number of piperazine rings is 1. The van der Waals surface area contributed by atoms with E-state index in [9.17, 15) is 4.39 Å². The topological polar surface area (TPSA) is 67.0 Å². The third-order valence-electron chi connectivity index (χ3n) is 4.23. The van der Waals surface area contributed by atoms with Gasteiger partial charge in [0.2, 0.25) is 0 Å². The molecule has 7 heteroatoms. The maximum Gasteiger partial charge on any atom is 0.191 e. The molecule has 1 aromatic carbocycles. The van der Waals surface area contributed by atoms with E-state index in [1.807, 2.05) is 12.1 Å². The summed E-state index contributed by atoms with van der Waals surface area (Å²) >= 11 is 0. The van der Waals surface area contributed by atoms with Crippen molar-refractivity contribution in [3.63, 3.8) is 0 Å². The molecule has 2 heterocycles. The quantitative estimate of drug-likeness (QED) is 0.678. The molecule has 1 fully saturated rings. The fourth-order valence-electron chi connectivity index (χ4n) is 2.73. The molecule has 1 aliphatic rings. The maximum absolute atomic E-state index is 13.0. The number of aliphatic imine (C=N–C) groups is 1. The van der Waals surface area contributed by atoms with Crippen LogP contribution in [0.1, 0.15) is 5.69 Å². The Morgan fingerprint density at radius 2 is 1.88 bits per heavy atom. The molecule has 0 unspecified atom stereocenters. The normalized spacial score (nSPS) is 15.4. The monoisotopic (exact) mass is 343 g/mol. The zero-order valence-electron chi connectivity index (χ0n) is 14.2. The van der Waals surface area contributed by atoms with Crippen molar-refractivity contribution in [1.82, 2.24) is 9.88 Å². The molecule has 2 N–H and O–H groups in total. The van der Waals surface area contributed by atoms with Crippen LogP contribution in [0.2, 0.25) is 0 Å². The number of nitrogens with two attached hydrogens (primary N) is 1. The zero-order valence-corrected chi connectivity index (χ0v) is 14.2. The Morgan fingerprint density at radius 3 is 2.48 bits per heavy atom. The zero-order chi connectivity index (χ0) is 17.6. The van der Waals surface area contributed by atoms with Crippen LogP contribution in [0.25, 0.3) is 0 Å². The van der Waals surface area contributed by atoms with Crippen molar-refractivity contribution in [2.75, 3.05) is 38.2 Å². The fraction of sp³-hybridized carbons (Fsp3) is 0.333. The van der Waals surface area contributed by atoms with Crippen LogP contribution in [0.5, 0.6) is 5.75 Å². The summed E-state index contributed by atoms with van der Waals surface area (Å²) in [6.07, 6.45) is 1.67. The molecule has 0 aliphatic carbocycles. The van der Waals surface area contributed by atoms with Gasteiger partial charge in [-0.25, -0.2) is 9.38 Å². The Labute approximate surface area is 146 Å². The number of halogens is 1. The van der Waals surface area contributed by atoms with Crippen LogP contribution >= 0.6 is 0 Å². The second-order valence-electron chi connectivity index (χ2n) is 5.81. The third kappa shape index (κ3) is 4.37. The van der Waals surface area contributed by atoms with Crippen LogP contribution in [0.3, 0.4) is 0 Å². The summed E-state index contributed by atoms with van der Waals surface area (Å²) in [6, 6.07) is 10.3. The molecule has 6 nitrogen and oxygen atoms in total. The van der Waals surface area contributed by atoms with Gasteiger partial charge in [0.25, 0.3) is 0 Å². The first-order valence-corrected chi connectivity index (χ1v) is 8.20. The number of hydrogen-bond acceptors (Lipinski definition) is 4. The van der Waals surface area contributed by atoms with Gasteiger partial charge in [-0.1, -0.05) is 0 Å². The minimum Gasteiger partial charge on any atom is -0.495 e. The Hall–Kier alpha value is -2.83. The summed E-state index contributed by atoms with van der Waals surface area (Å²) in [5, 5.41) is 0. The second-order valence-corrected chi connectivity index (χ2v) is 5.81. The van der Waals surface area contributed by atoms with Gasteiger partial charge in [-0.15, -0.1) is 0 Å². The van der Waals surface area contributed by atoms with E-state index >= 15 is 0 Å². The molecule has 0 spiro atoms. The number of methoxy groups -OCH3 is 1. The van der Waals surface area contributed by atoms with Crippen LogP contribution in [-0.2, 0) is 6.54 Å². The number of hydrogen-bond donors (Lipinski definition) is 1. The lowest BCUT2D eigenvalue weighted by molar-refractivity contribution is 0.380. The maximum atomic E-state index is 13.0. The summed E-state index contributed by atoms with van der Waals surface area (Å²) in [7, 11) is 1.61. The molecule has 25 heavy (non-hydrogen) atoms. The number of guanidine groups is 1. The second kappa shape index (κ2) is 7.83. The lowest BCUT2D eigenvalue weighted by atomic mass is 10.2. The van der Waals surface area contributed by atoms with Gasteiger partial charge in [0.1, 0.15) is 11.6 Å². The first kappa shape index (κ1) is 17.0. The lowest BCUT2D eigenvalue weighted by Gasteiger charge is -2.36. The average Bonchev–Trinajstić information content (AvgIpc) is 2.67. The number of benzene rings is 1. The van der Waals surface area contributed by atoms with Gasteiger partial charge < -0.3 is 20.3 Å². The predicted molar refractivity (Wildman–Crippen MR) is 96.3 cm³/mol. The number of aromatic nitrogens is 1. The molecule has 0 amide bonds. The van der Waals surface area contributed by atoms with Crippen molar-refractivity contribution in [1.29, 1.82) is 0 Å². The van der Waals surface area contributed by atoms with Crippen molar-refractivity contribution in [2.24, 2.45) is 10.7 Å². The van der Waals surface area contributed by atoms with Gasteiger partial charge in [-0.3, -0.25) is 4.98 Å². The van der Waals surface area contributed by atoms with Crippen LogP contribution in [0.15, 0.2) is 47.6 Å². The molecule has 0 radical (unpaired) electrons. The number of anilines is 1. The first-order valence-electron chi connectivity index (χ1n) is 8.20. The highest BCUT2D eigenvalue weighted by Gasteiger charge is 2.18. The van der Waals surface area contributed by atoms with E-state index < -0.39 is 0 Å². The predicted octanol–water partition coefficient (Wildman–Crippen LogP) is 1.87. The van der Waals surface area contributed by atoms with Crippen molar-refractivity contribution in [2.45, 2.75) is 6.54 Å². The summed E-state index contributed by atoms with van der Waals surface area (Å²) < 4.78 is 18.1. The average molecular weight is 343 g/mol. The Kier molecular flexibility index (Phi) is 5.33. The highest BCUT2D eigenvalue weighted by molar-refractivity contribution is 5.78. The van der Waals surface area contributed by atoms with Gasteiger partial charge in [-0.2, -0.15) is 0 Å². The van der Waals surface area contributed by atoms with Gasteiger partial charge in [0.05, 0.1) is 25.5 Å².